The van der Waals surface area contributed by atoms with Gasteiger partial charge in [0, 0.05) is 6.61 Å². The largest absolute Gasteiger partial charge is 0.396 e. The van der Waals surface area contributed by atoms with Crippen molar-refractivity contribution in [3.8, 4) is 0 Å². The van der Waals surface area contributed by atoms with Crippen LogP contribution >= 0.6 is 0 Å². The Morgan fingerprint density at radius 2 is 2.18 bits per heavy atom. The molecule has 1 rings (SSSR count). The van der Waals surface area contributed by atoms with E-state index in [1.165, 1.54) is 0 Å². The van der Waals surface area contributed by atoms with Gasteiger partial charge in [-0.05, 0) is 17.8 Å². The van der Waals surface area contributed by atoms with Gasteiger partial charge >= 0.3 is 0 Å². The highest BCUT2D eigenvalue weighted by Crippen LogP contribution is 2.44. The van der Waals surface area contributed by atoms with Crippen LogP contribution in [0.3, 0.4) is 0 Å². The highest BCUT2D eigenvalue weighted by molar-refractivity contribution is 6.12. The molecule has 0 spiro atoms. The van der Waals surface area contributed by atoms with Crippen LogP contribution in [0.15, 0.2) is 0 Å². The van der Waals surface area contributed by atoms with Gasteiger partial charge in [0.05, 0.1) is 7.85 Å². The second-order valence-electron chi connectivity index (χ2n) is 3.77. The predicted octanol–water partition coefficient (Wildman–Crippen LogP) is 1.62. The summed E-state index contributed by atoms with van der Waals surface area (Å²) in [5.74, 6) is 1.93. The van der Waals surface area contributed by atoms with E-state index in [1.807, 2.05) is 0 Å². The van der Waals surface area contributed by atoms with Crippen molar-refractivity contribution < 1.29 is 5.11 Å². The van der Waals surface area contributed by atoms with Crippen LogP contribution in [0, 0.1) is 17.8 Å². The van der Waals surface area contributed by atoms with E-state index in [1.54, 1.807) is 0 Å². The van der Waals surface area contributed by atoms with Gasteiger partial charge in [0.1, 0.15) is 0 Å². The summed E-state index contributed by atoms with van der Waals surface area (Å²) in [5.41, 5.74) is 0. The Morgan fingerprint density at radius 1 is 1.55 bits per heavy atom. The predicted molar refractivity (Wildman–Crippen MR) is 47.6 cm³/mol. The van der Waals surface area contributed by atoms with Crippen LogP contribution in [0.2, 0.25) is 5.82 Å². The molecule has 1 aliphatic rings. The van der Waals surface area contributed by atoms with Gasteiger partial charge in [-0.25, -0.2) is 0 Å². The van der Waals surface area contributed by atoms with Crippen LogP contribution in [0.25, 0.3) is 0 Å². The SMILES string of the molecule is [B]C1CC(CC)C(CO)C1C. The average molecular weight is 152 g/mol. The molecule has 0 aromatic rings. The summed E-state index contributed by atoms with van der Waals surface area (Å²) in [5, 5.41) is 9.10. The molecule has 2 heteroatoms. The highest BCUT2D eigenvalue weighted by Gasteiger charge is 2.35. The maximum Gasteiger partial charge on any atom is 0.0703 e. The molecule has 11 heavy (non-hydrogen) atoms. The first-order chi connectivity index (χ1) is 5.20. The van der Waals surface area contributed by atoms with Crippen LogP contribution < -0.4 is 0 Å². The normalized spacial score (nSPS) is 44.6. The molecule has 1 aliphatic carbocycles. The van der Waals surface area contributed by atoms with Crippen LogP contribution in [-0.4, -0.2) is 19.6 Å². The molecule has 4 atom stereocenters. The van der Waals surface area contributed by atoms with Gasteiger partial charge in [-0.2, -0.15) is 0 Å². The maximum atomic E-state index is 9.10. The number of hydrogen-bond acceptors (Lipinski definition) is 1. The number of rotatable bonds is 2. The second-order valence-corrected chi connectivity index (χ2v) is 3.77. The third-order valence-electron chi connectivity index (χ3n) is 3.27. The van der Waals surface area contributed by atoms with Crippen molar-refractivity contribution in [1.82, 2.24) is 0 Å². The molecule has 4 unspecified atom stereocenters. The summed E-state index contributed by atoms with van der Waals surface area (Å²) in [7, 11) is 5.90. The topological polar surface area (TPSA) is 20.2 Å². The van der Waals surface area contributed by atoms with E-state index in [0.717, 1.165) is 12.8 Å². The summed E-state index contributed by atoms with van der Waals surface area (Å²) in [6.45, 7) is 4.65. The lowest BCUT2D eigenvalue weighted by atomic mass is 9.78. The van der Waals surface area contributed by atoms with Crippen molar-refractivity contribution in [3.63, 3.8) is 0 Å². The van der Waals surface area contributed by atoms with Crippen LogP contribution in [0.5, 0.6) is 0 Å². The third-order valence-corrected chi connectivity index (χ3v) is 3.27. The van der Waals surface area contributed by atoms with Crippen molar-refractivity contribution in [1.29, 1.82) is 0 Å². The summed E-state index contributed by atoms with van der Waals surface area (Å²) >= 11 is 0. The number of hydrogen-bond donors (Lipinski definition) is 1. The Bertz CT molecular complexity index is 127. The van der Waals surface area contributed by atoms with Gasteiger partial charge in [0.15, 0.2) is 0 Å². The lowest BCUT2D eigenvalue weighted by Gasteiger charge is -2.19. The Kier molecular flexibility index (Phi) is 3.00. The molecule has 0 aliphatic heterocycles. The molecule has 62 valence electrons. The molecule has 1 saturated carbocycles. The molecule has 0 heterocycles. The highest BCUT2D eigenvalue weighted by atomic mass is 16.3. The van der Waals surface area contributed by atoms with Gasteiger partial charge < -0.3 is 5.11 Å². The van der Waals surface area contributed by atoms with Crippen LogP contribution in [0.1, 0.15) is 26.7 Å². The van der Waals surface area contributed by atoms with Crippen molar-refractivity contribution >= 4 is 7.85 Å². The zero-order chi connectivity index (χ0) is 8.43. The zero-order valence-corrected chi connectivity index (χ0v) is 7.46. The molecular weight excluding hydrogens is 135 g/mol. The molecule has 2 radical (unpaired) electrons. The first kappa shape index (κ1) is 9.12. The van der Waals surface area contributed by atoms with E-state index < -0.39 is 0 Å². The van der Waals surface area contributed by atoms with Crippen LogP contribution in [0.4, 0.5) is 0 Å². The van der Waals surface area contributed by atoms with Crippen LogP contribution in [-0.2, 0) is 0 Å². The molecule has 0 amide bonds. The third kappa shape index (κ3) is 1.61. The van der Waals surface area contributed by atoms with Gasteiger partial charge in [-0.3, -0.25) is 0 Å². The fourth-order valence-corrected chi connectivity index (χ4v) is 2.27. The van der Waals surface area contributed by atoms with E-state index in [0.29, 0.717) is 30.2 Å². The monoisotopic (exact) mass is 152 g/mol. The fraction of sp³-hybridized carbons (Fsp3) is 1.00. The van der Waals surface area contributed by atoms with Gasteiger partial charge in [-0.15, -0.1) is 0 Å². The van der Waals surface area contributed by atoms with Gasteiger partial charge in [-0.1, -0.05) is 32.5 Å². The van der Waals surface area contributed by atoms with Crippen molar-refractivity contribution in [2.24, 2.45) is 17.8 Å². The second kappa shape index (κ2) is 3.62. The molecule has 0 aromatic carbocycles. The van der Waals surface area contributed by atoms with Gasteiger partial charge in [0.2, 0.25) is 0 Å². The van der Waals surface area contributed by atoms with E-state index in [9.17, 15) is 0 Å². The number of aliphatic hydroxyl groups excluding tert-OH is 1. The summed E-state index contributed by atoms with van der Waals surface area (Å²) in [6, 6.07) is 0. The first-order valence-electron chi connectivity index (χ1n) is 4.57. The molecule has 0 aromatic heterocycles. The van der Waals surface area contributed by atoms with E-state index in [4.69, 9.17) is 13.0 Å². The van der Waals surface area contributed by atoms with Crippen molar-refractivity contribution in [3.05, 3.63) is 0 Å². The molecule has 1 N–H and O–H groups in total. The Hall–Kier alpha value is 0.0249. The van der Waals surface area contributed by atoms with Crippen molar-refractivity contribution in [2.45, 2.75) is 32.5 Å². The summed E-state index contributed by atoms with van der Waals surface area (Å²) in [6.07, 6.45) is 2.26. The molecule has 0 saturated heterocycles. The number of aliphatic hydroxyl groups is 1. The first-order valence-corrected chi connectivity index (χ1v) is 4.57. The Morgan fingerprint density at radius 3 is 2.55 bits per heavy atom. The molecule has 1 fully saturated rings. The Labute approximate surface area is 70.6 Å². The van der Waals surface area contributed by atoms with E-state index >= 15 is 0 Å². The average Bonchev–Trinajstić information content (AvgIpc) is 2.28. The minimum Gasteiger partial charge on any atom is -0.396 e. The lowest BCUT2D eigenvalue weighted by Crippen LogP contribution is -2.17. The maximum absolute atomic E-state index is 9.10. The Balaban J connectivity index is 2.57. The molecular formula is C9H17BO. The lowest BCUT2D eigenvalue weighted by molar-refractivity contribution is 0.164. The minimum atomic E-state index is 0.313. The summed E-state index contributed by atoms with van der Waals surface area (Å²) < 4.78 is 0. The van der Waals surface area contributed by atoms with Gasteiger partial charge in [0.25, 0.3) is 0 Å². The smallest absolute Gasteiger partial charge is 0.0703 e. The summed E-state index contributed by atoms with van der Waals surface area (Å²) in [4.78, 5) is 0. The fourth-order valence-electron chi connectivity index (χ4n) is 2.27. The van der Waals surface area contributed by atoms with Crippen molar-refractivity contribution in [2.75, 3.05) is 6.61 Å². The minimum absolute atomic E-state index is 0.313. The van der Waals surface area contributed by atoms with E-state index in [-0.39, 0.29) is 0 Å². The van der Waals surface area contributed by atoms with E-state index in [2.05, 4.69) is 13.8 Å². The quantitative estimate of drug-likeness (QED) is 0.596. The molecule has 0 bridgehead atoms. The molecule has 1 nitrogen and oxygen atoms in total. The zero-order valence-electron chi connectivity index (χ0n) is 7.46. The standard InChI is InChI=1S/C9H17BO/c1-3-7-4-9(10)6(2)8(7)5-11/h6-9,11H,3-5H2,1-2H3.